The van der Waals surface area contributed by atoms with Crippen molar-refractivity contribution in [3.8, 4) is 0 Å². The number of aliphatic carboxylic acids is 1. The number of aryl methyl sites for hydroxylation is 1. The summed E-state index contributed by atoms with van der Waals surface area (Å²) in [5.74, 6) is -1.41. The van der Waals surface area contributed by atoms with Crippen LogP contribution in [0.3, 0.4) is 0 Å². The number of rotatable bonds is 3. The Morgan fingerprint density at radius 2 is 2.29 bits per heavy atom. The Hall–Kier alpha value is -1.69. The van der Waals surface area contributed by atoms with E-state index in [0.717, 1.165) is 10.7 Å². The number of hydrogen-bond acceptors (Lipinski definition) is 4. The molecule has 1 saturated heterocycles. The maximum atomic E-state index is 11.6. The molecule has 1 fully saturated rings. The number of likely N-dealkylation sites (tertiary alicyclic amines) is 1. The number of amides is 1. The molecule has 0 unspecified atom stereocenters. The fourth-order valence-electron chi connectivity index (χ4n) is 1.53. The molecule has 0 saturated carbocycles. The molecule has 0 spiro atoms. The number of carbonyl (C=O) groups excluding carboxylic acids is 1. The van der Waals surface area contributed by atoms with Crippen molar-refractivity contribution < 1.29 is 14.7 Å². The van der Waals surface area contributed by atoms with Crippen LogP contribution in [0.1, 0.15) is 10.7 Å². The van der Waals surface area contributed by atoms with Gasteiger partial charge in [-0.15, -0.1) is 11.3 Å². The number of hydrogen-bond donors (Lipinski definition) is 1. The van der Waals surface area contributed by atoms with E-state index in [1.807, 2.05) is 12.3 Å². The third-order valence-corrected chi connectivity index (χ3v) is 3.37. The predicted octanol–water partition coefficient (Wildman–Crippen LogP) is 1.01. The second-order valence-corrected chi connectivity index (χ2v) is 4.97. The summed E-state index contributed by atoms with van der Waals surface area (Å²) in [5, 5.41) is 11.5. The molecule has 1 aromatic heterocycles. The molecule has 90 valence electrons. The van der Waals surface area contributed by atoms with Crippen molar-refractivity contribution in [3.05, 3.63) is 22.2 Å². The van der Waals surface area contributed by atoms with Crippen LogP contribution in [-0.2, 0) is 9.59 Å². The van der Waals surface area contributed by atoms with Crippen molar-refractivity contribution in [2.45, 2.75) is 6.92 Å². The third-order valence-electron chi connectivity index (χ3n) is 2.58. The summed E-state index contributed by atoms with van der Waals surface area (Å²) < 4.78 is 0. The third kappa shape index (κ3) is 2.71. The minimum Gasteiger partial charge on any atom is -0.481 e. The zero-order valence-corrected chi connectivity index (χ0v) is 10.1. The Bertz CT molecular complexity index is 475. The number of aromatic nitrogens is 1. The fraction of sp³-hybridized carbons (Fsp3) is 0.364. The van der Waals surface area contributed by atoms with Gasteiger partial charge >= 0.3 is 5.97 Å². The number of nitrogens with zero attached hydrogens (tertiary/aromatic N) is 2. The van der Waals surface area contributed by atoms with Crippen molar-refractivity contribution in [3.63, 3.8) is 0 Å². The van der Waals surface area contributed by atoms with Gasteiger partial charge in [0.25, 0.3) is 0 Å². The molecule has 1 aliphatic rings. The molecule has 2 heterocycles. The van der Waals surface area contributed by atoms with Crippen LogP contribution in [-0.4, -0.2) is 40.0 Å². The number of carboxylic acids is 1. The fourth-order valence-corrected chi connectivity index (χ4v) is 2.11. The zero-order valence-electron chi connectivity index (χ0n) is 9.29. The maximum Gasteiger partial charge on any atom is 0.310 e. The van der Waals surface area contributed by atoms with E-state index in [4.69, 9.17) is 5.11 Å². The quantitative estimate of drug-likeness (QED) is 0.815. The van der Waals surface area contributed by atoms with E-state index in [1.54, 1.807) is 6.08 Å². The lowest BCUT2D eigenvalue weighted by atomic mass is 10.0. The zero-order chi connectivity index (χ0) is 12.4. The standard InChI is InChI=1S/C11H12N2O3S/c1-7-12-9(6-17-7)2-3-10(14)13-4-8(5-13)11(15)16/h2-3,6,8H,4-5H2,1H3,(H,15,16). The second kappa shape index (κ2) is 4.67. The van der Waals surface area contributed by atoms with Gasteiger partial charge in [0.1, 0.15) is 0 Å². The van der Waals surface area contributed by atoms with Crippen molar-refractivity contribution in [1.29, 1.82) is 0 Å². The molecule has 1 aliphatic heterocycles. The van der Waals surface area contributed by atoms with Crippen LogP contribution in [0.25, 0.3) is 6.08 Å². The van der Waals surface area contributed by atoms with E-state index < -0.39 is 11.9 Å². The van der Waals surface area contributed by atoms with Crippen LogP contribution < -0.4 is 0 Å². The highest BCUT2D eigenvalue weighted by molar-refractivity contribution is 7.09. The predicted molar refractivity (Wildman–Crippen MR) is 63.6 cm³/mol. The van der Waals surface area contributed by atoms with Gasteiger partial charge in [-0.05, 0) is 13.0 Å². The van der Waals surface area contributed by atoms with Gasteiger partial charge in [-0.2, -0.15) is 0 Å². The van der Waals surface area contributed by atoms with Crippen LogP contribution in [0.5, 0.6) is 0 Å². The molecule has 0 atom stereocenters. The monoisotopic (exact) mass is 252 g/mol. The summed E-state index contributed by atoms with van der Waals surface area (Å²) in [7, 11) is 0. The molecule has 2 rings (SSSR count). The SMILES string of the molecule is Cc1nc(C=CC(=O)N2CC(C(=O)O)C2)cs1. The van der Waals surface area contributed by atoms with E-state index in [0.29, 0.717) is 13.1 Å². The highest BCUT2D eigenvalue weighted by Crippen LogP contribution is 2.16. The first-order valence-electron chi connectivity index (χ1n) is 5.18. The summed E-state index contributed by atoms with van der Waals surface area (Å²) in [4.78, 5) is 27.9. The van der Waals surface area contributed by atoms with Crippen LogP contribution in [0.4, 0.5) is 0 Å². The molecule has 1 aromatic rings. The Labute approximate surface area is 102 Å². The first-order chi connectivity index (χ1) is 8.06. The van der Waals surface area contributed by atoms with E-state index in [2.05, 4.69) is 4.98 Å². The maximum absolute atomic E-state index is 11.6. The lowest BCUT2D eigenvalue weighted by molar-refractivity contribution is -0.151. The highest BCUT2D eigenvalue weighted by atomic mass is 32.1. The van der Waals surface area contributed by atoms with Crippen LogP contribution in [0.15, 0.2) is 11.5 Å². The normalized spacial score (nSPS) is 16.2. The topological polar surface area (TPSA) is 70.5 Å². The number of thiazole rings is 1. The van der Waals surface area contributed by atoms with Gasteiger partial charge in [-0.1, -0.05) is 0 Å². The molecule has 0 bridgehead atoms. The van der Waals surface area contributed by atoms with Crippen molar-refractivity contribution in [1.82, 2.24) is 9.88 Å². The van der Waals surface area contributed by atoms with Gasteiger partial charge in [0, 0.05) is 24.5 Å². The van der Waals surface area contributed by atoms with Gasteiger partial charge in [0.15, 0.2) is 0 Å². The highest BCUT2D eigenvalue weighted by Gasteiger charge is 2.34. The summed E-state index contributed by atoms with van der Waals surface area (Å²) in [6.45, 7) is 2.50. The lowest BCUT2D eigenvalue weighted by Crippen LogP contribution is -2.52. The minimum absolute atomic E-state index is 0.159. The largest absolute Gasteiger partial charge is 0.481 e. The number of carboxylic acid groups (broad SMARTS) is 1. The van der Waals surface area contributed by atoms with E-state index in [-0.39, 0.29) is 5.91 Å². The Balaban J connectivity index is 1.87. The van der Waals surface area contributed by atoms with E-state index in [9.17, 15) is 9.59 Å². The number of carbonyl (C=O) groups is 2. The smallest absolute Gasteiger partial charge is 0.310 e. The van der Waals surface area contributed by atoms with Gasteiger partial charge < -0.3 is 10.0 Å². The Morgan fingerprint density at radius 1 is 1.59 bits per heavy atom. The second-order valence-electron chi connectivity index (χ2n) is 3.90. The first kappa shape index (κ1) is 11.8. The molecular formula is C11H12N2O3S. The van der Waals surface area contributed by atoms with Crippen LogP contribution >= 0.6 is 11.3 Å². The molecule has 17 heavy (non-hydrogen) atoms. The summed E-state index contributed by atoms with van der Waals surface area (Å²) >= 11 is 1.52. The minimum atomic E-state index is -0.840. The summed E-state index contributed by atoms with van der Waals surface area (Å²) in [6.07, 6.45) is 3.09. The molecule has 1 amide bonds. The van der Waals surface area contributed by atoms with Crippen molar-refractivity contribution >= 4 is 29.3 Å². The average molecular weight is 252 g/mol. The van der Waals surface area contributed by atoms with Gasteiger partial charge in [-0.3, -0.25) is 9.59 Å². The van der Waals surface area contributed by atoms with Gasteiger partial charge in [0.2, 0.25) is 5.91 Å². The van der Waals surface area contributed by atoms with Gasteiger partial charge in [-0.25, -0.2) is 4.98 Å². The molecule has 0 aromatic carbocycles. The van der Waals surface area contributed by atoms with Crippen molar-refractivity contribution in [2.75, 3.05) is 13.1 Å². The van der Waals surface area contributed by atoms with Crippen molar-refractivity contribution in [2.24, 2.45) is 5.92 Å². The molecular weight excluding hydrogens is 240 g/mol. The van der Waals surface area contributed by atoms with Gasteiger partial charge in [0.05, 0.1) is 16.6 Å². The molecule has 1 N–H and O–H groups in total. The summed E-state index contributed by atoms with van der Waals surface area (Å²) in [6, 6.07) is 0. The molecule has 5 nitrogen and oxygen atoms in total. The average Bonchev–Trinajstić information content (AvgIpc) is 2.58. The summed E-state index contributed by atoms with van der Waals surface area (Å²) in [5.41, 5.74) is 0.760. The molecule has 0 aliphatic carbocycles. The Kier molecular flexibility index (Phi) is 3.23. The Morgan fingerprint density at radius 3 is 2.82 bits per heavy atom. The van der Waals surface area contributed by atoms with Crippen LogP contribution in [0.2, 0.25) is 0 Å². The molecule has 0 radical (unpaired) electrons. The van der Waals surface area contributed by atoms with Crippen LogP contribution in [0, 0.1) is 12.8 Å². The lowest BCUT2D eigenvalue weighted by Gasteiger charge is -2.35. The first-order valence-corrected chi connectivity index (χ1v) is 6.06. The van der Waals surface area contributed by atoms with E-state index >= 15 is 0 Å². The molecule has 6 heteroatoms. The van der Waals surface area contributed by atoms with E-state index in [1.165, 1.54) is 22.3 Å².